The number of nitrogens with zero attached hydrogens (tertiary/aromatic N) is 2. The Hall–Kier alpha value is -2.28. The van der Waals surface area contributed by atoms with E-state index in [0.29, 0.717) is 19.6 Å². The summed E-state index contributed by atoms with van der Waals surface area (Å²) in [6.07, 6.45) is 1.82. The Morgan fingerprint density at radius 1 is 1.37 bits per heavy atom. The van der Waals surface area contributed by atoms with Crippen molar-refractivity contribution in [1.29, 1.82) is 0 Å². The molecule has 1 N–H and O–H groups in total. The number of amides is 2. The maximum atomic E-state index is 13.9. The molecule has 0 spiro atoms. The molecule has 1 saturated heterocycles. The molecule has 0 saturated carbocycles. The van der Waals surface area contributed by atoms with Gasteiger partial charge in [0.2, 0.25) is 5.91 Å². The number of likely N-dealkylation sites (tertiary alicyclic amines) is 1. The molecule has 1 unspecified atom stereocenters. The number of nitrogens with one attached hydrogen (secondary N) is 1. The van der Waals surface area contributed by atoms with Gasteiger partial charge in [-0.05, 0) is 25.0 Å². The van der Waals surface area contributed by atoms with Crippen molar-refractivity contribution in [3.05, 3.63) is 51.7 Å². The molecule has 0 bridgehead atoms. The first-order valence-electron chi connectivity index (χ1n) is 9.21. The van der Waals surface area contributed by atoms with E-state index in [2.05, 4.69) is 10.3 Å². The van der Waals surface area contributed by atoms with E-state index in [-0.39, 0.29) is 29.2 Å². The van der Waals surface area contributed by atoms with Crippen molar-refractivity contribution in [2.24, 2.45) is 5.92 Å². The normalized spacial score (nSPS) is 17.2. The van der Waals surface area contributed by atoms with Crippen LogP contribution in [0.2, 0.25) is 0 Å². The van der Waals surface area contributed by atoms with Crippen LogP contribution in [-0.4, -0.2) is 34.8 Å². The van der Waals surface area contributed by atoms with Gasteiger partial charge in [-0.1, -0.05) is 26.0 Å². The third-order valence-corrected chi connectivity index (χ3v) is 5.76. The highest BCUT2D eigenvalue weighted by Gasteiger charge is 2.28. The second kappa shape index (κ2) is 8.61. The van der Waals surface area contributed by atoms with E-state index in [1.165, 1.54) is 12.1 Å². The number of aromatic nitrogens is 1. The highest BCUT2D eigenvalue weighted by molar-refractivity contribution is 7.09. The molecule has 1 fully saturated rings. The van der Waals surface area contributed by atoms with Crippen molar-refractivity contribution >= 4 is 23.2 Å². The quantitative estimate of drug-likeness (QED) is 0.850. The standard InChI is InChI=1S/C20H24FN3O2S/c1-13(2)18(25)22-10-15-12-27-19(23-15)14-6-5-9-24(11-14)20(26)16-7-3-4-8-17(16)21/h3-4,7-8,12-14H,5-6,9-11H2,1-2H3,(H,22,25). The zero-order valence-corrected chi connectivity index (χ0v) is 16.4. The van der Waals surface area contributed by atoms with Crippen LogP contribution < -0.4 is 5.32 Å². The summed E-state index contributed by atoms with van der Waals surface area (Å²) < 4.78 is 13.9. The van der Waals surface area contributed by atoms with Crippen LogP contribution in [0.3, 0.4) is 0 Å². The van der Waals surface area contributed by atoms with E-state index in [4.69, 9.17) is 0 Å². The monoisotopic (exact) mass is 389 g/mol. The van der Waals surface area contributed by atoms with E-state index in [1.807, 2.05) is 19.2 Å². The maximum absolute atomic E-state index is 13.9. The van der Waals surface area contributed by atoms with Crippen LogP contribution in [0.4, 0.5) is 4.39 Å². The number of carbonyl (C=O) groups excluding carboxylic acids is 2. The van der Waals surface area contributed by atoms with Crippen molar-refractivity contribution in [3.63, 3.8) is 0 Å². The van der Waals surface area contributed by atoms with Crippen molar-refractivity contribution in [2.75, 3.05) is 13.1 Å². The van der Waals surface area contributed by atoms with Gasteiger partial charge in [0.15, 0.2) is 0 Å². The second-order valence-corrected chi connectivity index (χ2v) is 8.01. The summed E-state index contributed by atoms with van der Waals surface area (Å²) in [5.74, 6) is -0.655. The van der Waals surface area contributed by atoms with Gasteiger partial charge >= 0.3 is 0 Å². The van der Waals surface area contributed by atoms with Crippen LogP contribution in [0.25, 0.3) is 0 Å². The molecule has 1 aromatic carbocycles. The van der Waals surface area contributed by atoms with E-state index >= 15 is 0 Å². The molecule has 1 aliphatic heterocycles. The Morgan fingerprint density at radius 2 is 2.15 bits per heavy atom. The molecule has 2 aromatic rings. The summed E-state index contributed by atoms with van der Waals surface area (Å²) in [4.78, 5) is 30.7. The molecule has 5 nitrogen and oxygen atoms in total. The highest BCUT2D eigenvalue weighted by Crippen LogP contribution is 2.30. The van der Waals surface area contributed by atoms with Gasteiger partial charge in [0.1, 0.15) is 5.82 Å². The van der Waals surface area contributed by atoms with Gasteiger partial charge in [0.05, 0.1) is 22.8 Å². The fraction of sp³-hybridized carbons (Fsp3) is 0.450. The van der Waals surface area contributed by atoms with Crippen LogP contribution in [0.15, 0.2) is 29.6 Å². The lowest BCUT2D eigenvalue weighted by molar-refractivity contribution is -0.124. The molecule has 144 valence electrons. The first-order chi connectivity index (χ1) is 13.0. The van der Waals surface area contributed by atoms with E-state index in [9.17, 15) is 14.0 Å². The Kier molecular flexibility index (Phi) is 6.21. The van der Waals surface area contributed by atoms with Crippen LogP contribution in [-0.2, 0) is 11.3 Å². The molecule has 3 rings (SSSR count). The number of thiazole rings is 1. The molecule has 7 heteroatoms. The number of hydrogen-bond donors (Lipinski definition) is 1. The Morgan fingerprint density at radius 3 is 2.89 bits per heavy atom. The van der Waals surface area contributed by atoms with Crippen molar-refractivity contribution in [3.8, 4) is 0 Å². The number of hydrogen-bond acceptors (Lipinski definition) is 4. The minimum Gasteiger partial charge on any atom is -0.350 e. The van der Waals surface area contributed by atoms with Crippen LogP contribution in [0.5, 0.6) is 0 Å². The molecule has 2 heterocycles. The number of benzene rings is 1. The van der Waals surface area contributed by atoms with Gasteiger partial charge < -0.3 is 10.2 Å². The van der Waals surface area contributed by atoms with Gasteiger partial charge in [0.25, 0.3) is 5.91 Å². The zero-order chi connectivity index (χ0) is 19.4. The number of halogens is 1. The van der Waals surface area contributed by atoms with Crippen molar-refractivity contribution < 1.29 is 14.0 Å². The average Bonchev–Trinajstić information content (AvgIpc) is 3.15. The minimum atomic E-state index is -0.484. The third-order valence-electron chi connectivity index (χ3n) is 4.70. The topological polar surface area (TPSA) is 62.3 Å². The molecule has 1 aliphatic rings. The molecular weight excluding hydrogens is 365 g/mol. The van der Waals surface area contributed by atoms with Gasteiger partial charge in [-0.2, -0.15) is 0 Å². The summed E-state index contributed by atoms with van der Waals surface area (Å²) in [6.45, 7) is 5.29. The second-order valence-electron chi connectivity index (χ2n) is 7.12. The summed E-state index contributed by atoms with van der Waals surface area (Å²) >= 11 is 1.55. The fourth-order valence-corrected chi connectivity index (χ4v) is 4.09. The van der Waals surface area contributed by atoms with Crippen LogP contribution in [0, 0.1) is 11.7 Å². The van der Waals surface area contributed by atoms with E-state index in [0.717, 1.165) is 23.5 Å². The lowest BCUT2D eigenvalue weighted by Gasteiger charge is -2.32. The lowest BCUT2D eigenvalue weighted by atomic mass is 9.98. The summed E-state index contributed by atoms with van der Waals surface area (Å²) in [6, 6.07) is 6.10. The largest absolute Gasteiger partial charge is 0.350 e. The van der Waals surface area contributed by atoms with Gasteiger partial charge in [-0.15, -0.1) is 11.3 Å². The summed E-state index contributed by atoms with van der Waals surface area (Å²) in [7, 11) is 0. The maximum Gasteiger partial charge on any atom is 0.256 e. The highest BCUT2D eigenvalue weighted by atomic mass is 32.1. The predicted octanol–water partition coefficient (Wildman–Crippen LogP) is 3.57. The van der Waals surface area contributed by atoms with Gasteiger partial charge in [-0.3, -0.25) is 9.59 Å². The molecule has 2 amide bonds. The lowest BCUT2D eigenvalue weighted by Crippen LogP contribution is -2.39. The third kappa shape index (κ3) is 4.71. The molecule has 1 aromatic heterocycles. The Balaban J connectivity index is 1.64. The molecule has 0 radical (unpaired) electrons. The number of rotatable bonds is 5. The molecule has 27 heavy (non-hydrogen) atoms. The Bertz CT molecular complexity index is 821. The SMILES string of the molecule is CC(C)C(=O)NCc1csc(C2CCCN(C(=O)c3ccccc3F)C2)n1. The fourth-order valence-electron chi connectivity index (χ4n) is 3.14. The minimum absolute atomic E-state index is 0.00359. The zero-order valence-electron chi connectivity index (χ0n) is 15.6. The molecular formula is C20H24FN3O2S. The van der Waals surface area contributed by atoms with Crippen LogP contribution >= 0.6 is 11.3 Å². The Labute approximate surface area is 162 Å². The van der Waals surface area contributed by atoms with Crippen molar-refractivity contribution in [2.45, 2.75) is 39.2 Å². The molecule has 1 atom stereocenters. The van der Waals surface area contributed by atoms with Gasteiger partial charge in [0, 0.05) is 30.3 Å². The predicted molar refractivity (Wildman–Crippen MR) is 103 cm³/mol. The number of piperidine rings is 1. The van der Waals surface area contributed by atoms with E-state index in [1.54, 1.807) is 28.4 Å². The van der Waals surface area contributed by atoms with E-state index < -0.39 is 5.82 Å². The summed E-state index contributed by atoms with van der Waals surface area (Å²) in [5, 5.41) is 5.79. The molecule has 0 aliphatic carbocycles. The van der Waals surface area contributed by atoms with Gasteiger partial charge in [-0.25, -0.2) is 9.37 Å². The summed E-state index contributed by atoms with van der Waals surface area (Å²) in [5.41, 5.74) is 0.955. The average molecular weight is 389 g/mol. The first-order valence-corrected chi connectivity index (χ1v) is 10.1. The van der Waals surface area contributed by atoms with Crippen LogP contribution in [0.1, 0.15) is 53.7 Å². The smallest absolute Gasteiger partial charge is 0.256 e. The van der Waals surface area contributed by atoms with Crippen molar-refractivity contribution in [1.82, 2.24) is 15.2 Å². The number of carbonyl (C=O) groups is 2. The first kappa shape index (κ1) is 19.5.